The zero-order valence-electron chi connectivity index (χ0n) is 15.7. The molecule has 28 heavy (non-hydrogen) atoms. The number of hydrogen-bond acceptors (Lipinski definition) is 4. The van der Waals surface area contributed by atoms with E-state index in [4.69, 9.17) is 0 Å². The quantitative estimate of drug-likeness (QED) is 0.358. The maximum absolute atomic E-state index is 12.7. The van der Waals surface area contributed by atoms with Gasteiger partial charge in [0.2, 0.25) is 0 Å². The molecule has 1 amide bonds. The van der Waals surface area contributed by atoms with E-state index in [0.717, 1.165) is 24.8 Å². The van der Waals surface area contributed by atoms with Gasteiger partial charge < -0.3 is 5.32 Å². The molecule has 2 aromatic carbocycles. The summed E-state index contributed by atoms with van der Waals surface area (Å²) in [5.74, 6) is -0.218. The number of non-ortho nitro benzene ring substituents is 1. The predicted molar refractivity (Wildman–Crippen MR) is 108 cm³/mol. The molecule has 1 aromatic heterocycles. The minimum Gasteiger partial charge on any atom is -0.351 e. The molecule has 0 bridgehead atoms. The Balaban J connectivity index is 1.95. The Morgan fingerprint density at radius 3 is 2.46 bits per heavy atom. The van der Waals surface area contributed by atoms with E-state index in [1.54, 1.807) is 18.2 Å². The lowest BCUT2D eigenvalue weighted by Crippen LogP contribution is -2.26. The molecule has 0 fully saturated rings. The molecule has 0 aliphatic heterocycles. The molecule has 0 atom stereocenters. The summed E-state index contributed by atoms with van der Waals surface area (Å²) >= 11 is 0. The van der Waals surface area contributed by atoms with Crippen LogP contribution in [0.4, 0.5) is 5.69 Å². The Morgan fingerprint density at radius 1 is 1.11 bits per heavy atom. The number of carbonyl (C=O) groups is 1. The van der Waals surface area contributed by atoms with Gasteiger partial charge in [0.1, 0.15) is 5.69 Å². The molecule has 1 heterocycles. The van der Waals surface area contributed by atoms with E-state index in [-0.39, 0.29) is 11.6 Å². The first-order chi connectivity index (χ1) is 13.6. The smallest absolute Gasteiger partial charge is 0.270 e. The monoisotopic (exact) mass is 378 g/mol. The SMILES string of the molecule is CCCCCNC(=O)c1cc(-c2ccccc2)nn1-c1ccc([N+](=O)[O-])cc1. The Morgan fingerprint density at radius 2 is 1.82 bits per heavy atom. The van der Waals surface area contributed by atoms with Gasteiger partial charge in [0, 0.05) is 24.2 Å². The first kappa shape index (κ1) is 19.3. The number of hydrogen-bond donors (Lipinski definition) is 1. The second-order valence-corrected chi connectivity index (χ2v) is 6.43. The molecule has 7 heteroatoms. The van der Waals surface area contributed by atoms with Crippen molar-refractivity contribution in [1.29, 1.82) is 0 Å². The van der Waals surface area contributed by atoms with E-state index in [1.807, 2.05) is 30.3 Å². The molecular formula is C21H22N4O3. The molecule has 0 radical (unpaired) electrons. The van der Waals surface area contributed by atoms with E-state index < -0.39 is 4.92 Å². The van der Waals surface area contributed by atoms with Crippen molar-refractivity contribution in [1.82, 2.24) is 15.1 Å². The third kappa shape index (κ3) is 4.43. The number of nitrogens with one attached hydrogen (secondary N) is 1. The second-order valence-electron chi connectivity index (χ2n) is 6.43. The largest absolute Gasteiger partial charge is 0.351 e. The van der Waals surface area contributed by atoms with Crippen LogP contribution in [0.25, 0.3) is 16.9 Å². The van der Waals surface area contributed by atoms with Crippen LogP contribution in [0.3, 0.4) is 0 Å². The Bertz CT molecular complexity index is 950. The molecule has 0 spiro atoms. The summed E-state index contributed by atoms with van der Waals surface area (Å²) < 4.78 is 1.53. The molecule has 0 unspecified atom stereocenters. The Hall–Kier alpha value is -3.48. The Kier molecular flexibility index (Phi) is 6.16. The zero-order chi connectivity index (χ0) is 19.9. The fourth-order valence-corrected chi connectivity index (χ4v) is 2.87. The van der Waals surface area contributed by atoms with Crippen LogP contribution in [0.1, 0.15) is 36.7 Å². The zero-order valence-corrected chi connectivity index (χ0v) is 15.7. The molecule has 0 aliphatic carbocycles. The highest BCUT2D eigenvalue weighted by Crippen LogP contribution is 2.23. The van der Waals surface area contributed by atoms with Crippen molar-refractivity contribution in [2.24, 2.45) is 0 Å². The number of nitro benzene ring substituents is 1. The number of aromatic nitrogens is 2. The van der Waals surface area contributed by atoms with Crippen LogP contribution >= 0.6 is 0 Å². The number of nitro groups is 1. The maximum atomic E-state index is 12.7. The van der Waals surface area contributed by atoms with Crippen LogP contribution in [0.5, 0.6) is 0 Å². The fraction of sp³-hybridized carbons (Fsp3) is 0.238. The lowest BCUT2D eigenvalue weighted by atomic mass is 10.1. The first-order valence-electron chi connectivity index (χ1n) is 9.28. The molecule has 3 aromatic rings. The van der Waals surface area contributed by atoms with Crippen molar-refractivity contribution in [3.8, 4) is 16.9 Å². The van der Waals surface area contributed by atoms with Gasteiger partial charge in [0.25, 0.3) is 11.6 Å². The normalized spacial score (nSPS) is 10.6. The van der Waals surface area contributed by atoms with Gasteiger partial charge >= 0.3 is 0 Å². The summed E-state index contributed by atoms with van der Waals surface area (Å²) in [5, 5.41) is 18.4. The van der Waals surface area contributed by atoms with Crippen LogP contribution in [0.15, 0.2) is 60.7 Å². The molecule has 144 valence electrons. The summed E-state index contributed by atoms with van der Waals surface area (Å²) in [6, 6.07) is 17.3. The van der Waals surface area contributed by atoms with E-state index in [0.29, 0.717) is 23.6 Å². The van der Waals surface area contributed by atoms with Gasteiger partial charge in [-0.05, 0) is 24.6 Å². The van der Waals surface area contributed by atoms with Gasteiger partial charge in [0.05, 0.1) is 16.3 Å². The molecule has 0 aliphatic rings. The first-order valence-corrected chi connectivity index (χ1v) is 9.28. The molecule has 7 nitrogen and oxygen atoms in total. The van der Waals surface area contributed by atoms with Crippen LogP contribution in [-0.4, -0.2) is 27.2 Å². The van der Waals surface area contributed by atoms with Crippen molar-refractivity contribution in [3.05, 3.63) is 76.5 Å². The van der Waals surface area contributed by atoms with Gasteiger partial charge in [-0.25, -0.2) is 4.68 Å². The molecule has 1 N–H and O–H groups in total. The lowest BCUT2D eigenvalue weighted by Gasteiger charge is -2.08. The molecule has 0 saturated carbocycles. The minimum atomic E-state index is -0.455. The van der Waals surface area contributed by atoms with Crippen molar-refractivity contribution >= 4 is 11.6 Å². The van der Waals surface area contributed by atoms with Crippen molar-refractivity contribution in [2.75, 3.05) is 6.54 Å². The molecular weight excluding hydrogens is 356 g/mol. The van der Waals surface area contributed by atoms with Crippen LogP contribution in [-0.2, 0) is 0 Å². The molecule has 3 rings (SSSR count). The van der Waals surface area contributed by atoms with Crippen molar-refractivity contribution in [3.63, 3.8) is 0 Å². The van der Waals surface area contributed by atoms with E-state index in [2.05, 4.69) is 17.3 Å². The third-order valence-corrected chi connectivity index (χ3v) is 4.38. The Labute approximate surface area is 163 Å². The number of unbranched alkanes of at least 4 members (excludes halogenated alkanes) is 2. The van der Waals surface area contributed by atoms with E-state index in [1.165, 1.54) is 16.8 Å². The number of amides is 1. The van der Waals surface area contributed by atoms with Gasteiger partial charge in [-0.3, -0.25) is 14.9 Å². The van der Waals surface area contributed by atoms with Gasteiger partial charge in [-0.15, -0.1) is 0 Å². The summed E-state index contributed by atoms with van der Waals surface area (Å²) in [6.07, 6.45) is 3.05. The summed E-state index contributed by atoms with van der Waals surface area (Å²) in [4.78, 5) is 23.2. The van der Waals surface area contributed by atoms with Gasteiger partial charge in [-0.1, -0.05) is 50.1 Å². The average Bonchev–Trinajstić information content (AvgIpc) is 3.17. The topological polar surface area (TPSA) is 90.1 Å². The highest BCUT2D eigenvalue weighted by molar-refractivity contribution is 5.94. The highest BCUT2D eigenvalue weighted by atomic mass is 16.6. The average molecular weight is 378 g/mol. The van der Waals surface area contributed by atoms with Crippen molar-refractivity contribution in [2.45, 2.75) is 26.2 Å². The second kappa shape index (κ2) is 8.94. The standard InChI is InChI=1S/C21H22N4O3/c1-2-3-7-14-22-21(26)20-15-19(16-8-5-4-6-9-16)23-24(20)17-10-12-18(13-11-17)25(27)28/h4-6,8-13,15H,2-3,7,14H2,1H3,(H,22,26). The summed E-state index contributed by atoms with van der Waals surface area (Å²) in [6.45, 7) is 2.70. The van der Waals surface area contributed by atoms with Crippen molar-refractivity contribution < 1.29 is 9.72 Å². The van der Waals surface area contributed by atoms with Crippen LogP contribution in [0.2, 0.25) is 0 Å². The highest BCUT2D eigenvalue weighted by Gasteiger charge is 2.18. The number of carbonyl (C=O) groups excluding carboxylic acids is 1. The maximum Gasteiger partial charge on any atom is 0.270 e. The predicted octanol–water partition coefficient (Wildman–Crippen LogP) is 4.37. The third-order valence-electron chi connectivity index (χ3n) is 4.38. The van der Waals surface area contributed by atoms with Crippen LogP contribution in [0, 0.1) is 10.1 Å². The summed E-state index contributed by atoms with van der Waals surface area (Å²) in [5.41, 5.74) is 2.53. The lowest BCUT2D eigenvalue weighted by molar-refractivity contribution is -0.384. The van der Waals surface area contributed by atoms with E-state index in [9.17, 15) is 14.9 Å². The fourth-order valence-electron chi connectivity index (χ4n) is 2.87. The minimum absolute atomic E-state index is 0.00949. The van der Waals surface area contributed by atoms with Gasteiger partial charge in [0.15, 0.2) is 0 Å². The molecule has 0 saturated heterocycles. The van der Waals surface area contributed by atoms with Gasteiger partial charge in [-0.2, -0.15) is 5.10 Å². The number of benzene rings is 2. The number of rotatable bonds is 8. The number of nitrogens with zero attached hydrogens (tertiary/aromatic N) is 3. The summed E-state index contributed by atoms with van der Waals surface area (Å²) in [7, 11) is 0. The van der Waals surface area contributed by atoms with Crippen LogP contribution < -0.4 is 5.32 Å². The van der Waals surface area contributed by atoms with E-state index >= 15 is 0 Å².